The van der Waals surface area contributed by atoms with Gasteiger partial charge in [-0.25, -0.2) is 4.79 Å². The van der Waals surface area contributed by atoms with Crippen LogP contribution in [0.3, 0.4) is 0 Å². The number of isocyanates is 1. The molecule has 0 heterocycles. The Bertz CT molecular complexity index is 330. The number of aliphatic imine (C=N–C) groups is 1. The second kappa shape index (κ2) is 5.43. The number of carbonyl (C=O) groups excluding carboxylic acids is 1. The summed E-state index contributed by atoms with van der Waals surface area (Å²) in [6.07, 6.45) is 1.49. The number of benzene rings is 1. The van der Waals surface area contributed by atoms with Gasteiger partial charge in [-0.3, -0.25) is 0 Å². The van der Waals surface area contributed by atoms with Gasteiger partial charge in [0.2, 0.25) is 6.08 Å². The highest BCUT2D eigenvalue weighted by molar-refractivity contribution is 6.30. The van der Waals surface area contributed by atoms with Crippen LogP contribution in [0.25, 0.3) is 0 Å². The van der Waals surface area contributed by atoms with E-state index < -0.39 is 0 Å². The number of hydrogen-bond acceptors (Lipinski definition) is 3. The Kier molecular flexibility index (Phi) is 4.17. The van der Waals surface area contributed by atoms with Gasteiger partial charge in [0.1, 0.15) is 12.4 Å². The van der Waals surface area contributed by atoms with Gasteiger partial charge in [-0.05, 0) is 31.2 Å². The molecule has 0 aliphatic heterocycles. The minimum atomic E-state index is -0.178. The van der Waals surface area contributed by atoms with Crippen LogP contribution in [0.4, 0.5) is 0 Å². The minimum absolute atomic E-state index is 0.178. The molecule has 1 rings (SSSR count). The van der Waals surface area contributed by atoms with E-state index in [2.05, 4.69) is 4.99 Å². The molecule has 0 amide bonds. The third-order valence-electron chi connectivity index (χ3n) is 1.58. The second-order valence-electron chi connectivity index (χ2n) is 2.83. The lowest BCUT2D eigenvalue weighted by molar-refractivity contribution is 0.297. The first kappa shape index (κ1) is 10.8. The van der Waals surface area contributed by atoms with Crippen molar-refractivity contribution in [3.05, 3.63) is 29.3 Å². The van der Waals surface area contributed by atoms with Crippen LogP contribution in [0.15, 0.2) is 29.3 Å². The molecule has 1 atom stereocenters. The summed E-state index contributed by atoms with van der Waals surface area (Å²) in [7, 11) is 0. The zero-order valence-electron chi connectivity index (χ0n) is 7.74. The molecule has 0 aliphatic rings. The van der Waals surface area contributed by atoms with Gasteiger partial charge in [0.25, 0.3) is 0 Å². The van der Waals surface area contributed by atoms with Crippen molar-refractivity contribution in [1.82, 2.24) is 0 Å². The maximum absolute atomic E-state index is 9.91. The molecule has 0 N–H and O–H groups in total. The summed E-state index contributed by atoms with van der Waals surface area (Å²) in [4.78, 5) is 13.4. The Labute approximate surface area is 87.4 Å². The molecule has 0 aliphatic carbocycles. The van der Waals surface area contributed by atoms with E-state index >= 15 is 0 Å². The fraction of sp³-hybridized carbons (Fsp3) is 0.300. The number of ether oxygens (including phenoxy) is 1. The van der Waals surface area contributed by atoms with E-state index in [0.29, 0.717) is 17.4 Å². The van der Waals surface area contributed by atoms with Gasteiger partial charge >= 0.3 is 0 Å². The molecule has 3 nitrogen and oxygen atoms in total. The normalized spacial score (nSPS) is 11.6. The van der Waals surface area contributed by atoms with E-state index in [1.54, 1.807) is 31.2 Å². The third kappa shape index (κ3) is 3.60. The number of hydrogen-bond donors (Lipinski definition) is 0. The van der Waals surface area contributed by atoms with Crippen molar-refractivity contribution in [2.24, 2.45) is 4.99 Å². The molecule has 14 heavy (non-hydrogen) atoms. The average molecular weight is 212 g/mol. The summed E-state index contributed by atoms with van der Waals surface area (Å²) >= 11 is 5.70. The van der Waals surface area contributed by atoms with Crippen LogP contribution >= 0.6 is 11.6 Å². The van der Waals surface area contributed by atoms with Crippen molar-refractivity contribution in [2.45, 2.75) is 13.0 Å². The summed E-state index contributed by atoms with van der Waals surface area (Å²) in [5.41, 5.74) is 0. The Morgan fingerprint density at radius 3 is 2.71 bits per heavy atom. The van der Waals surface area contributed by atoms with E-state index in [1.165, 1.54) is 6.08 Å². The standard InChI is InChI=1S/C10H10ClNO2/c1-8(12-7-13)6-14-10-4-2-9(11)3-5-10/h2-5,8H,6H2,1H3. The van der Waals surface area contributed by atoms with Gasteiger partial charge in [0.15, 0.2) is 0 Å². The molecule has 0 saturated carbocycles. The van der Waals surface area contributed by atoms with Gasteiger partial charge < -0.3 is 4.74 Å². The van der Waals surface area contributed by atoms with Crippen molar-refractivity contribution >= 4 is 17.7 Å². The lowest BCUT2D eigenvalue weighted by Gasteiger charge is -2.07. The molecule has 4 heteroatoms. The molecule has 0 radical (unpaired) electrons. The van der Waals surface area contributed by atoms with E-state index in [4.69, 9.17) is 16.3 Å². The van der Waals surface area contributed by atoms with Crippen molar-refractivity contribution in [1.29, 1.82) is 0 Å². The topological polar surface area (TPSA) is 38.7 Å². The molecule has 0 spiro atoms. The zero-order valence-corrected chi connectivity index (χ0v) is 8.49. The molecule has 0 fully saturated rings. The van der Waals surface area contributed by atoms with Crippen molar-refractivity contribution in [3.8, 4) is 5.75 Å². The van der Waals surface area contributed by atoms with Crippen molar-refractivity contribution in [3.63, 3.8) is 0 Å². The molecule has 1 aromatic carbocycles. The Morgan fingerprint density at radius 2 is 2.14 bits per heavy atom. The fourth-order valence-electron chi connectivity index (χ4n) is 0.875. The van der Waals surface area contributed by atoms with Gasteiger partial charge in [-0.1, -0.05) is 11.6 Å². The van der Waals surface area contributed by atoms with Crippen molar-refractivity contribution < 1.29 is 9.53 Å². The monoisotopic (exact) mass is 211 g/mol. The number of nitrogens with zero attached hydrogens (tertiary/aromatic N) is 1. The predicted octanol–water partition coefficient (Wildman–Crippen LogP) is 2.44. The molecule has 0 saturated heterocycles. The predicted molar refractivity (Wildman–Crippen MR) is 54.5 cm³/mol. The highest BCUT2D eigenvalue weighted by Crippen LogP contribution is 2.15. The number of rotatable bonds is 4. The largest absolute Gasteiger partial charge is 0.491 e. The van der Waals surface area contributed by atoms with E-state index in [9.17, 15) is 4.79 Å². The van der Waals surface area contributed by atoms with Crippen LogP contribution in [0.2, 0.25) is 5.02 Å². The summed E-state index contributed by atoms with van der Waals surface area (Å²) in [5.74, 6) is 0.711. The lowest BCUT2D eigenvalue weighted by Crippen LogP contribution is -2.11. The molecule has 0 bridgehead atoms. The van der Waals surface area contributed by atoms with Crippen LogP contribution in [0, 0.1) is 0 Å². The molecule has 1 aromatic rings. The van der Waals surface area contributed by atoms with E-state index in [1.807, 2.05) is 0 Å². The Balaban J connectivity index is 2.45. The van der Waals surface area contributed by atoms with Crippen LogP contribution in [-0.2, 0) is 4.79 Å². The van der Waals surface area contributed by atoms with Gasteiger partial charge in [-0.15, -0.1) is 0 Å². The fourth-order valence-corrected chi connectivity index (χ4v) is 1.00. The molecule has 1 unspecified atom stereocenters. The molecule has 0 aromatic heterocycles. The molecule has 74 valence electrons. The lowest BCUT2D eigenvalue weighted by atomic mass is 10.3. The van der Waals surface area contributed by atoms with Crippen LogP contribution in [0.5, 0.6) is 5.75 Å². The maximum Gasteiger partial charge on any atom is 0.235 e. The molecular formula is C10H10ClNO2. The van der Waals surface area contributed by atoms with Gasteiger partial charge in [0, 0.05) is 5.02 Å². The summed E-state index contributed by atoms with van der Waals surface area (Å²) < 4.78 is 5.34. The SMILES string of the molecule is CC(COc1ccc(Cl)cc1)N=C=O. The quantitative estimate of drug-likeness (QED) is 0.567. The van der Waals surface area contributed by atoms with Crippen LogP contribution < -0.4 is 4.74 Å². The molecular weight excluding hydrogens is 202 g/mol. The number of halogens is 1. The first-order chi connectivity index (χ1) is 6.72. The minimum Gasteiger partial charge on any atom is -0.491 e. The smallest absolute Gasteiger partial charge is 0.235 e. The Morgan fingerprint density at radius 1 is 1.50 bits per heavy atom. The highest BCUT2D eigenvalue weighted by atomic mass is 35.5. The summed E-state index contributed by atoms with van der Waals surface area (Å²) in [5, 5.41) is 0.663. The van der Waals surface area contributed by atoms with Gasteiger partial charge in [0.05, 0.1) is 6.04 Å². The zero-order chi connectivity index (χ0) is 10.4. The Hall–Kier alpha value is -1.31. The van der Waals surface area contributed by atoms with Gasteiger partial charge in [-0.2, -0.15) is 4.99 Å². The third-order valence-corrected chi connectivity index (χ3v) is 1.83. The maximum atomic E-state index is 9.91. The van der Waals surface area contributed by atoms with E-state index in [-0.39, 0.29) is 6.04 Å². The average Bonchev–Trinajstić information content (AvgIpc) is 2.17. The van der Waals surface area contributed by atoms with E-state index in [0.717, 1.165) is 0 Å². The summed E-state index contributed by atoms with van der Waals surface area (Å²) in [6.45, 7) is 2.14. The second-order valence-corrected chi connectivity index (χ2v) is 3.27. The first-order valence-corrected chi connectivity index (χ1v) is 4.55. The van der Waals surface area contributed by atoms with Crippen molar-refractivity contribution in [2.75, 3.05) is 6.61 Å². The van der Waals surface area contributed by atoms with Crippen LogP contribution in [-0.4, -0.2) is 18.7 Å². The van der Waals surface area contributed by atoms with Crippen LogP contribution in [0.1, 0.15) is 6.92 Å². The highest BCUT2D eigenvalue weighted by Gasteiger charge is 2.00. The summed E-state index contributed by atoms with van der Waals surface area (Å²) in [6, 6.07) is 6.83. The first-order valence-electron chi connectivity index (χ1n) is 4.17.